The van der Waals surface area contributed by atoms with Gasteiger partial charge in [-0.15, -0.1) is 11.6 Å². The summed E-state index contributed by atoms with van der Waals surface area (Å²) in [6.45, 7) is 5.68. The number of benzene rings is 2. The number of carbonyl (C=O) groups excluding carboxylic acids is 1. The molecule has 3 rings (SSSR count). The Morgan fingerprint density at radius 2 is 1.62 bits per heavy atom. The fourth-order valence-corrected chi connectivity index (χ4v) is 3.68. The fourth-order valence-electron chi connectivity index (χ4n) is 3.39. The summed E-state index contributed by atoms with van der Waals surface area (Å²) in [4.78, 5) is 14.3. The Morgan fingerprint density at radius 3 is 2.08 bits per heavy atom. The molecule has 1 aliphatic rings. The molecule has 0 spiro atoms. The van der Waals surface area contributed by atoms with Crippen LogP contribution in [0.25, 0.3) is 0 Å². The number of rotatable bonds is 6. The highest BCUT2D eigenvalue weighted by Gasteiger charge is 2.32. The van der Waals surface area contributed by atoms with Crippen LogP contribution in [-0.4, -0.2) is 29.8 Å². The van der Waals surface area contributed by atoms with E-state index >= 15 is 0 Å². The van der Waals surface area contributed by atoms with Crippen LogP contribution in [-0.2, 0) is 4.79 Å². The van der Waals surface area contributed by atoms with Gasteiger partial charge >= 0.3 is 0 Å². The molecule has 1 fully saturated rings. The maximum atomic E-state index is 12.4. The van der Waals surface area contributed by atoms with Gasteiger partial charge in [0.15, 0.2) is 0 Å². The van der Waals surface area contributed by atoms with E-state index in [0.29, 0.717) is 12.4 Å². The topological polar surface area (TPSA) is 20.3 Å². The number of hydrogen-bond donors (Lipinski definition) is 0. The second kappa shape index (κ2) is 7.67. The van der Waals surface area contributed by atoms with Crippen molar-refractivity contribution in [2.45, 2.75) is 12.3 Å². The number of nitrogens with zero attached hydrogens (tertiary/aromatic N) is 1. The third kappa shape index (κ3) is 3.54. The molecular weight excluding hydrogens is 318 g/mol. The average Bonchev–Trinajstić information content (AvgIpc) is 2.97. The second-order valence-electron chi connectivity index (χ2n) is 6.31. The van der Waals surface area contributed by atoms with Crippen LogP contribution in [0.1, 0.15) is 23.5 Å². The third-order valence-electron chi connectivity index (χ3n) is 4.66. The molecular formula is C21H22ClNO. The van der Waals surface area contributed by atoms with Gasteiger partial charge in [-0.1, -0.05) is 67.2 Å². The Balaban J connectivity index is 1.84. The van der Waals surface area contributed by atoms with Crippen LogP contribution in [0.2, 0.25) is 0 Å². The molecule has 0 aromatic heterocycles. The fraction of sp³-hybridized carbons (Fsp3) is 0.286. The number of hydrogen-bond acceptors (Lipinski definition) is 1. The summed E-state index contributed by atoms with van der Waals surface area (Å²) < 4.78 is 0. The Morgan fingerprint density at radius 1 is 1.08 bits per heavy atom. The van der Waals surface area contributed by atoms with E-state index in [1.807, 2.05) is 41.3 Å². The lowest BCUT2D eigenvalue weighted by molar-refractivity contribution is -0.130. The van der Waals surface area contributed by atoms with Crippen LogP contribution in [0.4, 0.5) is 0 Å². The van der Waals surface area contributed by atoms with E-state index in [2.05, 4.69) is 30.8 Å². The van der Waals surface area contributed by atoms with Crippen LogP contribution < -0.4 is 0 Å². The van der Waals surface area contributed by atoms with Crippen molar-refractivity contribution in [3.8, 4) is 0 Å². The van der Waals surface area contributed by atoms with E-state index in [1.54, 1.807) is 0 Å². The van der Waals surface area contributed by atoms with E-state index in [0.717, 1.165) is 18.5 Å². The van der Waals surface area contributed by atoms with E-state index in [4.69, 9.17) is 11.6 Å². The van der Waals surface area contributed by atoms with Gasteiger partial charge in [-0.2, -0.15) is 0 Å². The zero-order valence-corrected chi connectivity index (χ0v) is 14.5. The monoisotopic (exact) mass is 339 g/mol. The molecule has 1 saturated heterocycles. The molecule has 1 heterocycles. The first-order valence-corrected chi connectivity index (χ1v) is 8.86. The predicted molar refractivity (Wildman–Crippen MR) is 99.3 cm³/mol. The van der Waals surface area contributed by atoms with Gasteiger partial charge in [-0.25, -0.2) is 0 Å². The minimum Gasteiger partial charge on any atom is -0.338 e. The molecule has 2 aromatic carbocycles. The standard InChI is InChI=1S/C21H22ClNO/c1-16(15-23-13-12-19(14-22)21(23)24)20(17-8-4-2-5-9-17)18-10-6-3-7-11-18/h2-11,19-20H,1,12-15H2. The van der Waals surface area contributed by atoms with Gasteiger partial charge in [0, 0.05) is 24.9 Å². The largest absolute Gasteiger partial charge is 0.338 e. The summed E-state index contributed by atoms with van der Waals surface area (Å²) in [6, 6.07) is 20.7. The molecule has 124 valence electrons. The van der Waals surface area contributed by atoms with Crippen molar-refractivity contribution < 1.29 is 4.79 Å². The maximum absolute atomic E-state index is 12.4. The minimum atomic E-state index is -0.0358. The lowest BCUT2D eigenvalue weighted by atomic mass is 9.85. The van der Waals surface area contributed by atoms with Crippen molar-refractivity contribution in [2.75, 3.05) is 19.0 Å². The Kier molecular flexibility index (Phi) is 5.37. The van der Waals surface area contributed by atoms with E-state index < -0.39 is 0 Å². The summed E-state index contributed by atoms with van der Waals surface area (Å²) in [7, 11) is 0. The molecule has 0 saturated carbocycles. The zero-order valence-electron chi connectivity index (χ0n) is 13.7. The maximum Gasteiger partial charge on any atom is 0.227 e. The number of amides is 1. The first-order chi connectivity index (χ1) is 11.7. The number of halogens is 1. The predicted octanol–water partition coefficient (Wildman–Crippen LogP) is 4.46. The summed E-state index contributed by atoms with van der Waals surface area (Å²) in [5.74, 6) is 0.621. The van der Waals surface area contributed by atoms with Crippen LogP contribution in [0.3, 0.4) is 0 Å². The van der Waals surface area contributed by atoms with Gasteiger partial charge in [0.1, 0.15) is 0 Å². The quantitative estimate of drug-likeness (QED) is 0.562. The molecule has 2 nitrogen and oxygen atoms in total. The van der Waals surface area contributed by atoms with Gasteiger partial charge in [0.05, 0.1) is 5.92 Å². The van der Waals surface area contributed by atoms with Crippen molar-refractivity contribution in [1.82, 2.24) is 4.90 Å². The van der Waals surface area contributed by atoms with Crippen molar-refractivity contribution in [1.29, 1.82) is 0 Å². The highest BCUT2D eigenvalue weighted by molar-refractivity contribution is 6.19. The molecule has 24 heavy (non-hydrogen) atoms. The van der Waals surface area contributed by atoms with Crippen molar-refractivity contribution >= 4 is 17.5 Å². The molecule has 2 aromatic rings. The highest BCUT2D eigenvalue weighted by Crippen LogP contribution is 2.32. The SMILES string of the molecule is C=C(CN1CCC(CCl)C1=O)C(c1ccccc1)c1ccccc1. The van der Waals surface area contributed by atoms with Crippen molar-refractivity contribution in [3.63, 3.8) is 0 Å². The molecule has 0 radical (unpaired) electrons. The van der Waals surface area contributed by atoms with Gasteiger partial charge in [0.25, 0.3) is 0 Å². The summed E-state index contributed by atoms with van der Waals surface area (Å²) in [5, 5.41) is 0. The van der Waals surface area contributed by atoms with E-state index in [9.17, 15) is 4.79 Å². The van der Waals surface area contributed by atoms with Crippen LogP contribution in [0, 0.1) is 5.92 Å². The van der Waals surface area contributed by atoms with Crippen LogP contribution >= 0.6 is 11.6 Å². The van der Waals surface area contributed by atoms with E-state index in [1.165, 1.54) is 11.1 Å². The number of carbonyl (C=O) groups is 1. The Labute approximate surface area is 148 Å². The Bertz CT molecular complexity index is 659. The van der Waals surface area contributed by atoms with Gasteiger partial charge in [-0.05, 0) is 23.1 Å². The van der Waals surface area contributed by atoms with Crippen LogP contribution in [0.5, 0.6) is 0 Å². The normalized spacial score (nSPS) is 17.5. The highest BCUT2D eigenvalue weighted by atomic mass is 35.5. The van der Waals surface area contributed by atoms with E-state index in [-0.39, 0.29) is 17.7 Å². The lowest BCUT2D eigenvalue weighted by Crippen LogP contribution is -2.31. The first kappa shape index (κ1) is 16.8. The van der Waals surface area contributed by atoms with Crippen molar-refractivity contribution in [3.05, 3.63) is 83.9 Å². The number of alkyl halides is 1. The third-order valence-corrected chi connectivity index (χ3v) is 5.04. The molecule has 0 N–H and O–H groups in total. The van der Waals surface area contributed by atoms with Gasteiger partial charge < -0.3 is 4.90 Å². The van der Waals surface area contributed by atoms with Crippen LogP contribution in [0.15, 0.2) is 72.8 Å². The molecule has 1 amide bonds. The molecule has 1 unspecified atom stereocenters. The summed E-state index contributed by atoms with van der Waals surface area (Å²) >= 11 is 5.89. The first-order valence-electron chi connectivity index (χ1n) is 8.33. The van der Waals surface area contributed by atoms with Gasteiger partial charge in [0.2, 0.25) is 5.91 Å². The molecule has 1 atom stereocenters. The molecule has 1 aliphatic heterocycles. The molecule has 0 bridgehead atoms. The minimum absolute atomic E-state index is 0.0358. The molecule has 0 aliphatic carbocycles. The number of likely N-dealkylation sites (tertiary alicyclic amines) is 1. The summed E-state index contributed by atoms with van der Waals surface area (Å²) in [5.41, 5.74) is 3.44. The lowest BCUT2D eigenvalue weighted by Gasteiger charge is -2.25. The average molecular weight is 340 g/mol. The molecule has 3 heteroatoms. The second-order valence-corrected chi connectivity index (χ2v) is 6.62. The van der Waals surface area contributed by atoms with Gasteiger partial charge in [-0.3, -0.25) is 4.79 Å². The summed E-state index contributed by atoms with van der Waals surface area (Å²) in [6.07, 6.45) is 0.844. The zero-order chi connectivity index (χ0) is 16.9. The Hall–Kier alpha value is -2.06. The smallest absolute Gasteiger partial charge is 0.227 e. The van der Waals surface area contributed by atoms with Crippen molar-refractivity contribution in [2.24, 2.45) is 5.92 Å².